The van der Waals surface area contributed by atoms with E-state index in [1.807, 2.05) is 42.5 Å². The molecule has 0 spiro atoms. The highest BCUT2D eigenvalue weighted by atomic mass is 16.5. The highest BCUT2D eigenvalue weighted by Crippen LogP contribution is 2.38. The van der Waals surface area contributed by atoms with Crippen LogP contribution in [0, 0.1) is 11.3 Å². The van der Waals surface area contributed by atoms with Gasteiger partial charge in [-0.05, 0) is 34.9 Å². The van der Waals surface area contributed by atoms with Gasteiger partial charge in [0.25, 0.3) is 0 Å². The molecule has 0 saturated carbocycles. The van der Waals surface area contributed by atoms with Crippen LogP contribution >= 0.6 is 0 Å². The molecule has 1 N–H and O–H groups in total. The van der Waals surface area contributed by atoms with Gasteiger partial charge in [-0.25, -0.2) is 9.59 Å². The molecule has 0 radical (unpaired) electrons. The Morgan fingerprint density at radius 2 is 1.81 bits per heavy atom. The van der Waals surface area contributed by atoms with Crippen molar-refractivity contribution in [2.45, 2.75) is 6.54 Å². The first-order chi connectivity index (χ1) is 15.1. The Kier molecular flexibility index (Phi) is 6.79. The number of hydrogen-bond donors (Lipinski definition) is 1. The molecule has 7 nitrogen and oxygen atoms in total. The Bertz CT molecular complexity index is 1190. The number of carbonyl (C=O) groups excluding carboxylic acids is 2. The number of hydrogen-bond acceptors (Lipinski definition) is 7. The first kappa shape index (κ1) is 21.3. The summed E-state index contributed by atoms with van der Waals surface area (Å²) in [4.78, 5) is 26.5. The molecule has 0 atom stereocenters. The van der Waals surface area contributed by atoms with Crippen molar-refractivity contribution in [3.63, 3.8) is 0 Å². The van der Waals surface area contributed by atoms with Crippen LogP contribution < -0.4 is 10.1 Å². The van der Waals surface area contributed by atoms with Gasteiger partial charge in [0.15, 0.2) is 5.75 Å². The van der Waals surface area contributed by atoms with Crippen molar-refractivity contribution < 1.29 is 19.1 Å². The summed E-state index contributed by atoms with van der Waals surface area (Å²) >= 11 is 0. The van der Waals surface area contributed by atoms with Crippen molar-refractivity contribution >= 4 is 23.4 Å². The van der Waals surface area contributed by atoms with Crippen molar-refractivity contribution in [3.8, 4) is 22.9 Å². The van der Waals surface area contributed by atoms with Gasteiger partial charge in [0.2, 0.25) is 6.08 Å². The highest BCUT2D eigenvalue weighted by molar-refractivity contribution is 5.99. The first-order valence-corrected chi connectivity index (χ1v) is 9.32. The predicted molar refractivity (Wildman–Crippen MR) is 116 cm³/mol. The number of nitriles is 1. The molecule has 31 heavy (non-hydrogen) atoms. The Morgan fingerprint density at radius 1 is 1.06 bits per heavy atom. The fourth-order valence-electron chi connectivity index (χ4n) is 3.20. The summed E-state index contributed by atoms with van der Waals surface area (Å²) in [5.41, 5.74) is 4.19. The molecule has 0 aliphatic rings. The van der Waals surface area contributed by atoms with E-state index in [-0.39, 0.29) is 17.0 Å². The van der Waals surface area contributed by atoms with Gasteiger partial charge in [-0.2, -0.15) is 10.3 Å². The summed E-state index contributed by atoms with van der Waals surface area (Å²) in [6.45, 7) is 0.370. The maximum absolute atomic E-state index is 12.2. The van der Waals surface area contributed by atoms with Crippen molar-refractivity contribution in [3.05, 3.63) is 77.4 Å². The minimum atomic E-state index is -0.550. The minimum absolute atomic E-state index is 0.241. The van der Waals surface area contributed by atoms with E-state index >= 15 is 0 Å². The van der Waals surface area contributed by atoms with E-state index in [4.69, 9.17) is 9.47 Å². The average Bonchev–Trinajstić information content (AvgIpc) is 2.82. The largest absolute Gasteiger partial charge is 0.492 e. The lowest BCUT2D eigenvalue weighted by Gasteiger charge is -2.16. The normalized spacial score (nSPS) is 9.84. The maximum Gasteiger partial charge on any atom is 0.340 e. The lowest BCUT2D eigenvalue weighted by Crippen LogP contribution is -2.10. The van der Waals surface area contributed by atoms with Crippen LogP contribution in [0.1, 0.15) is 21.5 Å². The number of esters is 1. The quantitative estimate of drug-likeness (QED) is 0.345. The zero-order valence-electron chi connectivity index (χ0n) is 17.0. The number of benzene rings is 3. The summed E-state index contributed by atoms with van der Waals surface area (Å²) in [6, 6.07) is 20.3. The highest BCUT2D eigenvalue weighted by Gasteiger charge is 2.19. The Hall–Kier alpha value is -4.40. The van der Waals surface area contributed by atoms with E-state index in [1.54, 1.807) is 6.07 Å². The van der Waals surface area contributed by atoms with Crippen LogP contribution in [0.25, 0.3) is 11.1 Å². The second-order valence-electron chi connectivity index (χ2n) is 6.44. The molecular weight excluding hydrogens is 394 g/mol. The van der Waals surface area contributed by atoms with Gasteiger partial charge in [0, 0.05) is 6.54 Å². The van der Waals surface area contributed by atoms with Gasteiger partial charge < -0.3 is 14.8 Å². The van der Waals surface area contributed by atoms with Gasteiger partial charge in [0.1, 0.15) is 5.69 Å². The van der Waals surface area contributed by atoms with Crippen LogP contribution in [0.4, 0.5) is 11.4 Å². The van der Waals surface area contributed by atoms with Gasteiger partial charge in [-0.15, -0.1) is 0 Å². The number of isocyanates is 1. The third-order valence-corrected chi connectivity index (χ3v) is 4.69. The zero-order chi connectivity index (χ0) is 22.2. The van der Waals surface area contributed by atoms with Crippen LogP contribution in [-0.4, -0.2) is 26.3 Å². The number of rotatable bonds is 7. The fraction of sp³-hybridized carbons (Fsp3) is 0.125. The molecule has 0 aliphatic heterocycles. The second kappa shape index (κ2) is 9.88. The molecule has 0 aromatic heterocycles. The molecule has 7 heteroatoms. The smallest absolute Gasteiger partial charge is 0.340 e. The van der Waals surface area contributed by atoms with Crippen molar-refractivity contribution in [2.75, 3.05) is 19.5 Å². The molecule has 3 aromatic rings. The number of carbonyl (C=O) groups is 1. The summed E-state index contributed by atoms with van der Waals surface area (Å²) in [5.74, 6) is -0.309. The van der Waals surface area contributed by atoms with E-state index in [0.717, 1.165) is 16.7 Å². The summed E-state index contributed by atoms with van der Waals surface area (Å²) in [7, 11) is 2.71. The predicted octanol–water partition coefficient (Wildman–Crippen LogP) is 4.60. The number of anilines is 1. The van der Waals surface area contributed by atoms with E-state index in [2.05, 4.69) is 16.4 Å². The second-order valence-corrected chi connectivity index (χ2v) is 6.44. The number of aliphatic imine (C=N–C) groups is 1. The molecule has 3 aromatic carbocycles. The molecule has 0 bridgehead atoms. The molecule has 154 valence electrons. The molecule has 0 amide bonds. The van der Waals surface area contributed by atoms with Crippen LogP contribution in [0.3, 0.4) is 0 Å². The first-order valence-electron chi connectivity index (χ1n) is 9.32. The number of nitrogens with zero attached hydrogens (tertiary/aromatic N) is 2. The van der Waals surface area contributed by atoms with Gasteiger partial charge in [0.05, 0.1) is 37.1 Å². The van der Waals surface area contributed by atoms with Crippen LogP contribution in [-0.2, 0) is 16.1 Å². The summed E-state index contributed by atoms with van der Waals surface area (Å²) in [5, 5.41) is 12.5. The standard InChI is InChI=1S/C24H19N3O4/c1-30-23-21(27-15-28)12-11-20(24(29)31-2)22(23)26-14-16-7-9-17(10-8-16)19-6-4-3-5-18(19)13-25/h3-12,26H,14H2,1-2H3. The van der Waals surface area contributed by atoms with Gasteiger partial charge in [-0.1, -0.05) is 42.5 Å². The monoisotopic (exact) mass is 413 g/mol. The minimum Gasteiger partial charge on any atom is -0.492 e. The van der Waals surface area contributed by atoms with E-state index in [9.17, 15) is 14.9 Å². The van der Waals surface area contributed by atoms with Gasteiger partial charge in [-0.3, -0.25) is 0 Å². The van der Waals surface area contributed by atoms with Crippen LogP contribution in [0.5, 0.6) is 5.75 Å². The summed E-state index contributed by atoms with van der Waals surface area (Å²) in [6.07, 6.45) is 1.48. The molecule has 0 fully saturated rings. The van der Waals surface area contributed by atoms with E-state index in [1.165, 1.54) is 32.4 Å². The van der Waals surface area contributed by atoms with Crippen LogP contribution in [0.15, 0.2) is 65.7 Å². The summed E-state index contributed by atoms with van der Waals surface area (Å²) < 4.78 is 10.2. The third kappa shape index (κ3) is 4.61. The van der Waals surface area contributed by atoms with E-state index in [0.29, 0.717) is 17.8 Å². The number of methoxy groups -OCH3 is 2. The zero-order valence-corrected chi connectivity index (χ0v) is 17.0. The molecule has 0 aliphatic carbocycles. The van der Waals surface area contributed by atoms with E-state index < -0.39 is 5.97 Å². The average molecular weight is 413 g/mol. The van der Waals surface area contributed by atoms with Crippen molar-refractivity contribution in [1.29, 1.82) is 5.26 Å². The number of nitrogens with one attached hydrogen (secondary N) is 1. The molecule has 3 rings (SSSR count). The van der Waals surface area contributed by atoms with Gasteiger partial charge >= 0.3 is 5.97 Å². The lowest BCUT2D eigenvalue weighted by molar-refractivity contribution is 0.0601. The Labute approximate surface area is 179 Å². The van der Waals surface area contributed by atoms with Crippen LogP contribution in [0.2, 0.25) is 0 Å². The molecule has 0 saturated heterocycles. The SMILES string of the molecule is COC(=O)c1ccc(N=C=O)c(OC)c1NCc1ccc(-c2ccccc2C#N)cc1. The van der Waals surface area contributed by atoms with Crippen molar-refractivity contribution in [1.82, 2.24) is 0 Å². The van der Waals surface area contributed by atoms with Crippen molar-refractivity contribution in [2.24, 2.45) is 4.99 Å². The fourth-order valence-corrected chi connectivity index (χ4v) is 3.20. The third-order valence-electron chi connectivity index (χ3n) is 4.69. The molecule has 0 unspecified atom stereocenters. The number of ether oxygens (including phenoxy) is 2. The molecule has 0 heterocycles. The lowest BCUT2D eigenvalue weighted by atomic mass is 9.99. The maximum atomic E-state index is 12.2. The Morgan fingerprint density at radius 3 is 2.45 bits per heavy atom. The molecular formula is C24H19N3O4. The Balaban J connectivity index is 1.90. The topological polar surface area (TPSA) is 101 Å².